The normalized spacial score (nSPS) is 24.5. The summed E-state index contributed by atoms with van der Waals surface area (Å²) in [6, 6.07) is 12.3. The molecule has 1 aliphatic heterocycles. The lowest BCUT2D eigenvalue weighted by Gasteiger charge is -2.40. The highest BCUT2D eigenvalue weighted by atomic mass is 15.2. The lowest BCUT2D eigenvalue weighted by atomic mass is 10.0. The monoisotopic (exact) mass is 260 g/mol. The standard InChI is InChI=1S/C17H28N2/c1-3-8-17-13-18-16(4-2)14-19(17)12-11-15-9-6-5-7-10-15/h5-7,9-10,16-18H,3-4,8,11-14H2,1-2H3. The number of rotatable bonds is 6. The SMILES string of the molecule is CCCC1CNC(CC)CN1CCc1ccccc1. The van der Waals surface area contributed by atoms with Crippen LogP contribution >= 0.6 is 0 Å². The van der Waals surface area contributed by atoms with Crippen molar-refractivity contribution in [3.05, 3.63) is 35.9 Å². The molecule has 0 spiro atoms. The Morgan fingerprint density at radius 1 is 1.21 bits per heavy atom. The van der Waals surface area contributed by atoms with Gasteiger partial charge in [-0.3, -0.25) is 4.90 Å². The van der Waals surface area contributed by atoms with Crippen LogP contribution in [-0.2, 0) is 6.42 Å². The van der Waals surface area contributed by atoms with Crippen molar-refractivity contribution in [2.24, 2.45) is 0 Å². The minimum Gasteiger partial charge on any atom is -0.311 e. The minimum absolute atomic E-state index is 0.684. The van der Waals surface area contributed by atoms with Gasteiger partial charge < -0.3 is 5.32 Å². The molecule has 1 saturated heterocycles. The summed E-state index contributed by atoms with van der Waals surface area (Å²) in [5.74, 6) is 0. The predicted molar refractivity (Wildman–Crippen MR) is 82.5 cm³/mol. The van der Waals surface area contributed by atoms with E-state index >= 15 is 0 Å². The molecule has 2 heteroatoms. The van der Waals surface area contributed by atoms with Crippen molar-refractivity contribution in [2.45, 2.75) is 51.6 Å². The van der Waals surface area contributed by atoms with Crippen molar-refractivity contribution in [3.8, 4) is 0 Å². The number of nitrogens with zero attached hydrogens (tertiary/aromatic N) is 1. The molecule has 0 aliphatic carbocycles. The van der Waals surface area contributed by atoms with Crippen LogP contribution in [0.5, 0.6) is 0 Å². The number of nitrogens with one attached hydrogen (secondary N) is 1. The zero-order chi connectivity index (χ0) is 13.5. The van der Waals surface area contributed by atoms with Crippen molar-refractivity contribution >= 4 is 0 Å². The van der Waals surface area contributed by atoms with Crippen LogP contribution in [0.3, 0.4) is 0 Å². The zero-order valence-corrected chi connectivity index (χ0v) is 12.4. The Morgan fingerprint density at radius 3 is 2.68 bits per heavy atom. The highest BCUT2D eigenvalue weighted by Gasteiger charge is 2.25. The molecule has 1 heterocycles. The van der Waals surface area contributed by atoms with Crippen LogP contribution in [0.2, 0.25) is 0 Å². The first-order valence-corrected chi connectivity index (χ1v) is 7.84. The van der Waals surface area contributed by atoms with E-state index in [0.717, 1.165) is 6.04 Å². The fourth-order valence-corrected chi connectivity index (χ4v) is 3.01. The van der Waals surface area contributed by atoms with Gasteiger partial charge in [-0.15, -0.1) is 0 Å². The van der Waals surface area contributed by atoms with Gasteiger partial charge in [-0.1, -0.05) is 50.6 Å². The third-order valence-electron chi connectivity index (χ3n) is 4.26. The molecule has 1 aliphatic rings. The summed E-state index contributed by atoms with van der Waals surface area (Å²) >= 11 is 0. The Balaban J connectivity index is 1.89. The van der Waals surface area contributed by atoms with Gasteiger partial charge in [0.1, 0.15) is 0 Å². The maximum atomic E-state index is 3.69. The lowest BCUT2D eigenvalue weighted by Crippen LogP contribution is -2.56. The third-order valence-corrected chi connectivity index (χ3v) is 4.26. The molecule has 106 valence electrons. The van der Waals surface area contributed by atoms with Crippen molar-refractivity contribution < 1.29 is 0 Å². The van der Waals surface area contributed by atoms with Gasteiger partial charge in [0, 0.05) is 31.7 Å². The average molecular weight is 260 g/mol. The van der Waals surface area contributed by atoms with Gasteiger partial charge in [0.25, 0.3) is 0 Å². The Hall–Kier alpha value is -0.860. The molecule has 0 aromatic heterocycles. The fourth-order valence-electron chi connectivity index (χ4n) is 3.01. The molecular weight excluding hydrogens is 232 g/mol. The van der Waals surface area contributed by atoms with Crippen molar-refractivity contribution in [3.63, 3.8) is 0 Å². The molecule has 2 unspecified atom stereocenters. The first kappa shape index (κ1) is 14.5. The largest absolute Gasteiger partial charge is 0.311 e. The van der Waals surface area contributed by atoms with Crippen LogP contribution in [-0.4, -0.2) is 36.6 Å². The van der Waals surface area contributed by atoms with E-state index in [1.54, 1.807) is 0 Å². The second kappa shape index (κ2) is 7.66. The van der Waals surface area contributed by atoms with Gasteiger partial charge in [-0.05, 0) is 24.8 Å². The molecule has 1 aromatic rings. The maximum Gasteiger partial charge on any atom is 0.0221 e. The molecule has 0 saturated carbocycles. The first-order valence-electron chi connectivity index (χ1n) is 7.84. The van der Waals surface area contributed by atoms with Crippen molar-refractivity contribution in [1.82, 2.24) is 10.2 Å². The number of hydrogen-bond donors (Lipinski definition) is 1. The molecule has 2 nitrogen and oxygen atoms in total. The van der Waals surface area contributed by atoms with Gasteiger partial charge in [0.2, 0.25) is 0 Å². The van der Waals surface area contributed by atoms with E-state index in [1.165, 1.54) is 50.9 Å². The average Bonchev–Trinajstić information content (AvgIpc) is 2.47. The van der Waals surface area contributed by atoms with Crippen LogP contribution in [0.15, 0.2) is 30.3 Å². The first-order chi connectivity index (χ1) is 9.33. The molecule has 19 heavy (non-hydrogen) atoms. The van der Waals surface area contributed by atoms with Crippen LogP contribution in [0.1, 0.15) is 38.7 Å². The van der Waals surface area contributed by atoms with E-state index in [9.17, 15) is 0 Å². The number of hydrogen-bond acceptors (Lipinski definition) is 2. The summed E-state index contributed by atoms with van der Waals surface area (Å²) in [7, 11) is 0. The highest BCUT2D eigenvalue weighted by Crippen LogP contribution is 2.14. The quantitative estimate of drug-likeness (QED) is 0.845. The van der Waals surface area contributed by atoms with Crippen LogP contribution in [0.25, 0.3) is 0 Å². The van der Waals surface area contributed by atoms with Crippen LogP contribution < -0.4 is 5.32 Å². The molecule has 1 N–H and O–H groups in total. The third kappa shape index (κ3) is 4.32. The predicted octanol–water partition coefficient (Wildman–Crippen LogP) is 3.08. The zero-order valence-electron chi connectivity index (χ0n) is 12.4. The van der Waals surface area contributed by atoms with Crippen LogP contribution in [0.4, 0.5) is 0 Å². The van der Waals surface area contributed by atoms with E-state index in [4.69, 9.17) is 0 Å². The molecule has 1 fully saturated rings. The summed E-state index contributed by atoms with van der Waals surface area (Å²) in [4.78, 5) is 2.71. The summed E-state index contributed by atoms with van der Waals surface area (Å²) in [5.41, 5.74) is 1.46. The smallest absolute Gasteiger partial charge is 0.0221 e. The van der Waals surface area contributed by atoms with E-state index in [2.05, 4.69) is 54.4 Å². The van der Waals surface area contributed by atoms with Gasteiger partial charge in [-0.25, -0.2) is 0 Å². The van der Waals surface area contributed by atoms with E-state index in [0.29, 0.717) is 6.04 Å². The minimum atomic E-state index is 0.684. The van der Waals surface area contributed by atoms with Gasteiger partial charge in [-0.2, -0.15) is 0 Å². The molecular formula is C17H28N2. The fraction of sp³-hybridized carbons (Fsp3) is 0.647. The molecule has 0 radical (unpaired) electrons. The summed E-state index contributed by atoms with van der Waals surface area (Å²) in [6.45, 7) is 8.16. The lowest BCUT2D eigenvalue weighted by molar-refractivity contribution is 0.122. The van der Waals surface area contributed by atoms with Gasteiger partial charge in [0.05, 0.1) is 0 Å². The topological polar surface area (TPSA) is 15.3 Å². The Morgan fingerprint density at radius 2 is 2.00 bits per heavy atom. The Kier molecular flexibility index (Phi) is 5.87. The van der Waals surface area contributed by atoms with Gasteiger partial charge in [0.15, 0.2) is 0 Å². The second-order valence-electron chi connectivity index (χ2n) is 5.69. The Bertz CT molecular complexity index is 350. The summed E-state index contributed by atoms with van der Waals surface area (Å²) < 4.78 is 0. The molecule has 1 aromatic carbocycles. The van der Waals surface area contributed by atoms with Gasteiger partial charge >= 0.3 is 0 Å². The second-order valence-corrected chi connectivity index (χ2v) is 5.69. The van der Waals surface area contributed by atoms with Crippen molar-refractivity contribution in [2.75, 3.05) is 19.6 Å². The molecule has 2 atom stereocenters. The molecule has 0 amide bonds. The molecule has 0 bridgehead atoms. The van der Waals surface area contributed by atoms with E-state index in [-0.39, 0.29) is 0 Å². The van der Waals surface area contributed by atoms with Crippen molar-refractivity contribution in [1.29, 1.82) is 0 Å². The number of benzene rings is 1. The highest BCUT2D eigenvalue weighted by molar-refractivity contribution is 5.15. The van der Waals surface area contributed by atoms with E-state index in [1.807, 2.05) is 0 Å². The molecule has 2 rings (SSSR count). The van der Waals surface area contributed by atoms with Crippen LogP contribution in [0, 0.1) is 0 Å². The maximum absolute atomic E-state index is 3.69. The van der Waals surface area contributed by atoms with E-state index < -0.39 is 0 Å². The summed E-state index contributed by atoms with van der Waals surface area (Å²) in [5, 5.41) is 3.69. The number of piperazine rings is 1. The Labute approximate surface area is 118 Å². The summed E-state index contributed by atoms with van der Waals surface area (Å²) in [6.07, 6.45) is 5.02.